The number of rotatable bonds is 2. The molecule has 150 valence electrons. The van der Waals surface area contributed by atoms with Crippen LogP contribution in [0.5, 0.6) is 0 Å². The fraction of sp³-hybridized carbons (Fsp3) is 0.133. The fourth-order valence-corrected chi connectivity index (χ4v) is 5.12. The molecule has 0 saturated carbocycles. The lowest BCUT2D eigenvalue weighted by Crippen LogP contribution is -1.96. The summed E-state index contributed by atoms with van der Waals surface area (Å²) in [5, 5.41) is 5.22. The van der Waals surface area contributed by atoms with Gasteiger partial charge in [0.25, 0.3) is 0 Å². The summed E-state index contributed by atoms with van der Waals surface area (Å²) in [7, 11) is 0. The predicted molar refractivity (Wildman–Crippen MR) is 131 cm³/mol. The van der Waals surface area contributed by atoms with Gasteiger partial charge < -0.3 is 4.42 Å². The van der Waals surface area contributed by atoms with E-state index in [9.17, 15) is 0 Å². The van der Waals surface area contributed by atoms with Gasteiger partial charge in [0.1, 0.15) is 11.5 Å². The Bertz CT molecular complexity index is 1530. The number of aryl methyl sites for hydroxylation is 2. The summed E-state index contributed by atoms with van der Waals surface area (Å²) in [4.78, 5) is 0. The van der Waals surface area contributed by atoms with E-state index in [1.165, 1.54) is 60.5 Å². The van der Waals surface area contributed by atoms with E-state index in [-0.39, 0.29) is 0 Å². The number of benzene rings is 4. The molecule has 0 saturated heterocycles. The maximum absolute atomic E-state index is 5.96. The Morgan fingerprint density at radius 2 is 1.48 bits per heavy atom. The Morgan fingerprint density at radius 1 is 0.742 bits per heavy atom. The van der Waals surface area contributed by atoms with Crippen LogP contribution in [0.2, 0.25) is 0 Å². The van der Waals surface area contributed by atoms with Crippen molar-refractivity contribution in [3.63, 3.8) is 0 Å². The van der Waals surface area contributed by atoms with Crippen molar-refractivity contribution in [2.45, 2.75) is 27.2 Å². The first-order valence-electron chi connectivity index (χ1n) is 10.9. The normalized spacial score (nSPS) is 13.1. The molecule has 1 heterocycles. The van der Waals surface area contributed by atoms with E-state index in [2.05, 4.69) is 86.7 Å². The van der Waals surface area contributed by atoms with Gasteiger partial charge in [-0.25, -0.2) is 0 Å². The van der Waals surface area contributed by atoms with Crippen molar-refractivity contribution in [1.29, 1.82) is 0 Å². The van der Waals surface area contributed by atoms with Crippen molar-refractivity contribution >= 4 is 33.2 Å². The molecular weight excluding hydrogens is 376 g/mol. The average molecular weight is 401 g/mol. The van der Waals surface area contributed by atoms with E-state index < -0.39 is 0 Å². The average Bonchev–Trinajstić information content (AvgIpc) is 3.40. The molecule has 0 N–H and O–H groups in total. The Kier molecular flexibility index (Phi) is 3.94. The number of hydrogen-bond donors (Lipinski definition) is 0. The van der Waals surface area contributed by atoms with E-state index in [0.29, 0.717) is 0 Å². The minimum absolute atomic E-state index is 0.919. The summed E-state index contributed by atoms with van der Waals surface area (Å²) in [6, 6.07) is 26.4. The van der Waals surface area contributed by atoms with Gasteiger partial charge >= 0.3 is 0 Å². The summed E-state index contributed by atoms with van der Waals surface area (Å²) in [5.74, 6) is 1.94. The van der Waals surface area contributed by atoms with Crippen LogP contribution in [0.25, 0.3) is 44.3 Å². The molecule has 1 nitrogen and oxygen atoms in total. The quantitative estimate of drug-likeness (QED) is 0.272. The maximum Gasteiger partial charge on any atom is 0.130 e. The zero-order valence-corrected chi connectivity index (χ0v) is 18.1. The molecule has 0 fully saturated rings. The third-order valence-electron chi connectivity index (χ3n) is 6.77. The summed E-state index contributed by atoms with van der Waals surface area (Å²) >= 11 is 0. The van der Waals surface area contributed by atoms with Crippen LogP contribution < -0.4 is 0 Å². The van der Waals surface area contributed by atoms with Gasteiger partial charge in [0.15, 0.2) is 0 Å². The third-order valence-corrected chi connectivity index (χ3v) is 6.77. The van der Waals surface area contributed by atoms with Gasteiger partial charge in [-0.2, -0.15) is 0 Å². The first-order chi connectivity index (χ1) is 15.1. The predicted octanol–water partition coefficient (Wildman–Crippen LogP) is 8.27. The van der Waals surface area contributed by atoms with Gasteiger partial charge in [-0.1, -0.05) is 54.6 Å². The van der Waals surface area contributed by atoms with Crippen LogP contribution in [0.3, 0.4) is 0 Å². The van der Waals surface area contributed by atoms with Gasteiger partial charge in [0, 0.05) is 6.42 Å². The second-order valence-electron chi connectivity index (χ2n) is 8.71. The molecule has 4 aromatic carbocycles. The lowest BCUT2D eigenvalue weighted by atomic mass is 9.86. The second-order valence-corrected chi connectivity index (χ2v) is 8.71. The van der Waals surface area contributed by atoms with Crippen molar-refractivity contribution in [1.82, 2.24) is 0 Å². The third kappa shape index (κ3) is 2.77. The minimum atomic E-state index is 0.919. The van der Waals surface area contributed by atoms with E-state index in [1.807, 2.05) is 13.0 Å². The molecule has 0 radical (unpaired) electrons. The lowest BCUT2D eigenvalue weighted by Gasteiger charge is -2.18. The Morgan fingerprint density at radius 3 is 2.26 bits per heavy atom. The first kappa shape index (κ1) is 18.2. The highest BCUT2D eigenvalue weighted by Crippen LogP contribution is 2.44. The van der Waals surface area contributed by atoms with Gasteiger partial charge in [-0.05, 0) is 106 Å². The van der Waals surface area contributed by atoms with E-state index >= 15 is 0 Å². The molecule has 1 aliphatic rings. The van der Waals surface area contributed by atoms with Gasteiger partial charge in [-0.3, -0.25) is 0 Å². The van der Waals surface area contributed by atoms with Crippen molar-refractivity contribution in [2.24, 2.45) is 0 Å². The highest BCUT2D eigenvalue weighted by atomic mass is 16.3. The Labute approximate surface area is 182 Å². The lowest BCUT2D eigenvalue weighted by molar-refractivity contribution is 0.521. The maximum atomic E-state index is 5.96. The van der Waals surface area contributed by atoms with Crippen LogP contribution in [0.15, 0.2) is 77.2 Å². The highest BCUT2D eigenvalue weighted by Gasteiger charge is 2.23. The Balaban J connectivity index is 1.68. The van der Waals surface area contributed by atoms with E-state index in [0.717, 1.165) is 17.9 Å². The zero-order chi connectivity index (χ0) is 21.1. The van der Waals surface area contributed by atoms with Crippen molar-refractivity contribution < 1.29 is 4.42 Å². The second kappa shape index (κ2) is 6.72. The number of hydrogen-bond acceptors (Lipinski definition) is 1. The highest BCUT2D eigenvalue weighted by molar-refractivity contribution is 6.15. The molecule has 31 heavy (non-hydrogen) atoms. The fourth-order valence-electron chi connectivity index (χ4n) is 5.12. The van der Waals surface area contributed by atoms with Crippen molar-refractivity contribution in [2.75, 3.05) is 0 Å². The van der Waals surface area contributed by atoms with Gasteiger partial charge in [-0.15, -0.1) is 0 Å². The molecule has 1 aliphatic carbocycles. The molecule has 1 aromatic heterocycles. The van der Waals surface area contributed by atoms with Crippen LogP contribution in [-0.4, -0.2) is 0 Å². The molecule has 0 spiro atoms. The van der Waals surface area contributed by atoms with E-state index in [4.69, 9.17) is 4.42 Å². The summed E-state index contributed by atoms with van der Waals surface area (Å²) in [6.45, 7) is 6.50. The number of furan rings is 1. The number of allylic oxidation sites excluding steroid dienone is 1. The van der Waals surface area contributed by atoms with Gasteiger partial charge in [0.05, 0.1) is 0 Å². The van der Waals surface area contributed by atoms with E-state index in [1.54, 1.807) is 0 Å². The first-order valence-corrected chi connectivity index (χ1v) is 10.9. The van der Waals surface area contributed by atoms with Gasteiger partial charge in [0.2, 0.25) is 0 Å². The molecule has 0 amide bonds. The number of fused-ring (bicyclic) bond motifs is 4. The molecule has 0 bridgehead atoms. The molecule has 0 unspecified atom stereocenters. The standard InChI is InChI=1S/C30H24O/c1-18-14-22-15-23(29-13-12-19(2)31-29)17-27(22)30(20(18)3)28-16-21-8-4-5-9-24(21)25-10-6-7-11-26(25)28/h4-14,16-17H,15H2,1-3H3. The van der Waals surface area contributed by atoms with Crippen LogP contribution in [-0.2, 0) is 6.42 Å². The summed E-state index contributed by atoms with van der Waals surface area (Å²) < 4.78 is 5.96. The topological polar surface area (TPSA) is 13.1 Å². The summed E-state index contributed by atoms with van der Waals surface area (Å²) in [6.07, 6.45) is 3.27. The molecule has 1 heteroatoms. The molecule has 5 aromatic rings. The van der Waals surface area contributed by atoms with Crippen LogP contribution in [0.1, 0.15) is 33.8 Å². The summed E-state index contributed by atoms with van der Waals surface area (Å²) in [5.41, 5.74) is 9.37. The molecule has 6 rings (SSSR count). The van der Waals surface area contributed by atoms with Crippen molar-refractivity contribution in [3.05, 3.63) is 107 Å². The van der Waals surface area contributed by atoms with Crippen molar-refractivity contribution in [3.8, 4) is 11.1 Å². The molecule has 0 atom stereocenters. The monoisotopic (exact) mass is 400 g/mol. The largest absolute Gasteiger partial charge is 0.462 e. The smallest absolute Gasteiger partial charge is 0.130 e. The minimum Gasteiger partial charge on any atom is -0.462 e. The van der Waals surface area contributed by atoms with Crippen LogP contribution in [0, 0.1) is 20.8 Å². The zero-order valence-electron chi connectivity index (χ0n) is 18.1. The SMILES string of the molecule is Cc1ccc(C2=Cc3c(cc(C)c(C)c3-c3cc4ccccc4c4ccccc34)C2)o1. The Hall–Kier alpha value is -3.58. The van der Waals surface area contributed by atoms with Crippen LogP contribution >= 0.6 is 0 Å². The molecular formula is C30H24O. The van der Waals surface area contributed by atoms with Crippen LogP contribution in [0.4, 0.5) is 0 Å². The molecule has 0 aliphatic heterocycles.